The summed E-state index contributed by atoms with van der Waals surface area (Å²) in [6, 6.07) is 8.52. The number of anilines is 1. The Labute approximate surface area is 172 Å². The van der Waals surface area contributed by atoms with Gasteiger partial charge in [0, 0.05) is 44.0 Å². The van der Waals surface area contributed by atoms with Gasteiger partial charge in [-0.2, -0.15) is 4.37 Å². The molecule has 1 saturated carbocycles. The molecule has 1 aromatic carbocycles. The van der Waals surface area contributed by atoms with E-state index in [4.69, 9.17) is 4.37 Å². The third-order valence-corrected chi connectivity index (χ3v) is 7.02. The Morgan fingerprint density at radius 2 is 1.86 bits per heavy atom. The molecule has 1 aromatic heterocycles. The molecule has 0 atom stereocenters. The fourth-order valence-corrected chi connectivity index (χ4v) is 5.26. The molecule has 0 unspecified atom stereocenters. The van der Waals surface area contributed by atoms with Gasteiger partial charge < -0.3 is 10.2 Å². The van der Waals surface area contributed by atoms with E-state index in [1.165, 1.54) is 29.3 Å². The summed E-state index contributed by atoms with van der Waals surface area (Å²) in [6.45, 7) is 6.25. The number of nitrogens with zero attached hydrogens (tertiary/aromatic N) is 3. The Hall–Kier alpha value is -1.66. The van der Waals surface area contributed by atoms with E-state index < -0.39 is 0 Å². The molecule has 0 radical (unpaired) electrons. The van der Waals surface area contributed by atoms with Crippen molar-refractivity contribution in [3.8, 4) is 0 Å². The molecule has 28 heavy (non-hydrogen) atoms. The van der Waals surface area contributed by atoms with E-state index in [1.54, 1.807) is 11.5 Å². The summed E-state index contributed by atoms with van der Waals surface area (Å²) >= 11 is 1.60. The maximum absolute atomic E-state index is 12.2. The standard InChI is InChI=1S/C22H32N4OS/c27-22(18-8-2-1-3-9-18)23-12-6-7-13-25-14-16-26(17-15-25)21-19-10-4-5-11-20(19)28-24-21/h4-5,10-11,18H,1-3,6-9,12-17H2,(H,23,27). The molecule has 0 bridgehead atoms. The number of rotatable bonds is 7. The van der Waals surface area contributed by atoms with Crippen LogP contribution < -0.4 is 10.2 Å². The topological polar surface area (TPSA) is 48.5 Å². The number of fused-ring (bicyclic) bond motifs is 1. The molecule has 4 rings (SSSR count). The van der Waals surface area contributed by atoms with Crippen LogP contribution in [-0.4, -0.2) is 54.4 Å². The van der Waals surface area contributed by atoms with E-state index in [9.17, 15) is 4.79 Å². The van der Waals surface area contributed by atoms with Crippen molar-refractivity contribution < 1.29 is 4.79 Å². The van der Waals surface area contributed by atoms with Crippen LogP contribution in [0.1, 0.15) is 44.9 Å². The first-order valence-corrected chi connectivity index (χ1v) is 11.7. The predicted octanol–water partition coefficient (Wildman–Crippen LogP) is 3.90. The first kappa shape index (κ1) is 19.6. The van der Waals surface area contributed by atoms with Gasteiger partial charge >= 0.3 is 0 Å². The van der Waals surface area contributed by atoms with E-state index in [0.717, 1.165) is 70.8 Å². The zero-order valence-electron chi connectivity index (χ0n) is 16.7. The smallest absolute Gasteiger partial charge is 0.223 e. The molecule has 2 aliphatic rings. The van der Waals surface area contributed by atoms with E-state index >= 15 is 0 Å². The molecule has 2 aromatic rings. The SMILES string of the molecule is O=C(NCCCCN1CCN(c2nsc3ccccc23)CC1)C1CCCCC1. The lowest BCUT2D eigenvalue weighted by Crippen LogP contribution is -2.46. The zero-order valence-corrected chi connectivity index (χ0v) is 17.6. The van der Waals surface area contributed by atoms with Crippen LogP contribution in [0.25, 0.3) is 10.1 Å². The normalized spacial score (nSPS) is 19.2. The average Bonchev–Trinajstić information content (AvgIpc) is 3.19. The Balaban J connectivity index is 1.13. The lowest BCUT2D eigenvalue weighted by atomic mass is 9.89. The summed E-state index contributed by atoms with van der Waals surface area (Å²) in [5.74, 6) is 1.73. The summed E-state index contributed by atoms with van der Waals surface area (Å²) in [7, 11) is 0. The molecule has 1 saturated heterocycles. The fourth-order valence-electron chi connectivity index (χ4n) is 4.47. The van der Waals surface area contributed by atoms with Crippen molar-refractivity contribution in [2.24, 2.45) is 5.92 Å². The maximum Gasteiger partial charge on any atom is 0.223 e. The number of benzene rings is 1. The summed E-state index contributed by atoms with van der Waals surface area (Å²) in [6.07, 6.45) is 8.16. The highest BCUT2D eigenvalue weighted by Crippen LogP contribution is 2.29. The third-order valence-electron chi connectivity index (χ3n) is 6.21. The first-order valence-electron chi connectivity index (χ1n) is 10.9. The lowest BCUT2D eigenvalue weighted by molar-refractivity contribution is -0.125. The number of hydrogen-bond acceptors (Lipinski definition) is 5. The van der Waals surface area contributed by atoms with Crippen LogP contribution in [-0.2, 0) is 4.79 Å². The number of amides is 1. The number of carbonyl (C=O) groups excluding carboxylic acids is 1. The quantitative estimate of drug-likeness (QED) is 0.716. The van der Waals surface area contributed by atoms with Crippen molar-refractivity contribution in [3.05, 3.63) is 24.3 Å². The van der Waals surface area contributed by atoms with Crippen molar-refractivity contribution in [1.82, 2.24) is 14.6 Å². The van der Waals surface area contributed by atoms with Gasteiger partial charge in [-0.05, 0) is 55.9 Å². The van der Waals surface area contributed by atoms with Gasteiger partial charge in [0.15, 0.2) is 0 Å². The van der Waals surface area contributed by atoms with Crippen LogP contribution in [0.3, 0.4) is 0 Å². The van der Waals surface area contributed by atoms with Crippen LogP contribution in [0.2, 0.25) is 0 Å². The van der Waals surface area contributed by atoms with Crippen LogP contribution >= 0.6 is 11.5 Å². The predicted molar refractivity (Wildman–Crippen MR) is 117 cm³/mol. The van der Waals surface area contributed by atoms with Crippen molar-refractivity contribution in [2.45, 2.75) is 44.9 Å². The zero-order chi connectivity index (χ0) is 19.2. The summed E-state index contributed by atoms with van der Waals surface area (Å²) < 4.78 is 5.97. The Morgan fingerprint density at radius 1 is 1.07 bits per heavy atom. The number of hydrogen-bond donors (Lipinski definition) is 1. The first-order chi connectivity index (χ1) is 13.8. The Morgan fingerprint density at radius 3 is 2.68 bits per heavy atom. The minimum atomic E-state index is 0.281. The molecule has 2 fully saturated rings. The summed E-state index contributed by atoms with van der Waals surface area (Å²) in [5.41, 5.74) is 0. The second-order valence-corrected chi connectivity index (χ2v) is 8.97. The van der Waals surface area contributed by atoms with Gasteiger partial charge in [-0.25, -0.2) is 0 Å². The number of aromatic nitrogens is 1. The minimum absolute atomic E-state index is 0.281. The fraction of sp³-hybridized carbons (Fsp3) is 0.636. The van der Waals surface area contributed by atoms with Gasteiger partial charge in [0.25, 0.3) is 0 Å². The number of piperazine rings is 1. The van der Waals surface area contributed by atoms with Crippen molar-refractivity contribution >= 4 is 33.3 Å². The van der Waals surface area contributed by atoms with Gasteiger partial charge in [-0.15, -0.1) is 0 Å². The van der Waals surface area contributed by atoms with Crippen LogP contribution in [0.15, 0.2) is 24.3 Å². The van der Waals surface area contributed by atoms with Crippen molar-refractivity contribution in [1.29, 1.82) is 0 Å². The highest BCUT2D eigenvalue weighted by Gasteiger charge is 2.21. The van der Waals surface area contributed by atoms with Crippen LogP contribution in [0.4, 0.5) is 5.82 Å². The Kier molecular flexibility index (Phi) is 6.81. The van der Waals surface area contributed by atoms with Crippen LogP contribution in [0, 0.1) is 5.92 Å². The molecule has 1 aliphatic heterocycles. The average molecular weight is 401 g/mol. The van der Waals surface area contributed by atoms with Crippen molar-refractivity contribution in [3.63, 3.8) is 0 Å². The van der Waals surface area contributed by atoms with Gasteiger partial charge in [0.05, 0.1) is 4.70 Å². The molecular formula is C22H32N4OS. The minimum Gasteiger partial charge on any atom is -0.356 e. The lowest BCUT2D eigenvalue weighted by Gasteiger charge is -2.35. The van der Waals surface area contributed by atoms with E-state index in [0.29, 0.717) is 5.91 Å². The van der Waals surface area contributed by atoms with E-state index in [1.807, 2.05) is 0 Å². The number of nitrogens with one attached hydrogen (secondary N) is 1. The van der Waals surface area contributed by atoms with Gasteiger partial charge in [-0.1, -0.05) is 31.4 Å². The maximum atomic E-state index is 12.2. The van der Waals surface area contributed by atoms with Gasteiger partial charge in [0.2, 0.25) is 5.91 Å². The Bertz CT molecular complexity index is 763. The molecule has 6 heteroatoms. The molecule has 1 amide bonds. The van der Waals surface area contributed by atoms with Crippen molar-refractivity contribution in [2.75, 3.05) is 44.2 Å². The van der Waals surface area contributed by atoms with E-state index in [-0.39, 0.29) is 5.92 Å². The molecular weight excluding hydrogens is 368 g/mol. The molecule has 5 nitrogen and oxygen atoms in total. The summed E-state index contributed by atoms with van der Waals surface area (Å²) in [4.78, 5) is 17.2. The second kappa shape index (κ2) is 9.70. The monoisotopic (exact) mass is 400 g/mol. The molecule has 1 N–H and O–H groups in total. The van der Waals surface area contributed by atoms with Gasteiger partial charge in [-0.3, -0.25) is 9.69 Å². The molecule has 0 spiro atoms. The second-order valence-electron chi connectivity index (χ2n) is 8.16. The number of unbranched alkanes of at least 4 members (excludes halogenated alkanes) is 1. The third kappa shape index (κ3) is 4.84. The summed E-state index contributed by atoms with van der Waals surface area (Å²) in [5, 5.41) is 4.45. The largest absolute Gasteiger partial charge is 0.356 e. The van der Waals surface area contributed by atoms with E-state index in [2.05, 4.69) is 39.4 Å². The molecule has 1 aliphatic carbocycles. The molecule has 152 valence electrons. The van der Waals surface area contributed by atoms with Crippen LogP contribution in [0.5, 0.6) is 0 Å². The van der Waals surface area contributed by atoms with Gasteiger partial charge in [0.1, 0.15) is 5.82 Å². The highest BCUT2D eigenvalue weighted by molar-refractivity contribution is 7.13. The number of carbonyl (C=O) groups is 1. The highest BCUT2D eigenvalue weighted by atomic mass is 32.1. The molecule has 2 heterocycles.